The highest BCUT2D eigenvalue weighted by Crippen LogP contribution is 2.33. The van der Waals surface area contributed by atoms with E-state index < -0.39 is 0 Å². The van der Waals surface area contributed by atoms with Crippen LogP contribution in [0.1, 0.15) is 81.6 Å². The molecular weight excluding hydrogens is 572 g/mol. The average Bonchev–Trinajstić information content (AvgIpc) is 3.77. The molecule has 3 aromatic rings. The van der Waals surface area contributed by atoms with Gasteiger partial charge in [-0.3, -0.25) is 9.59 Å². The Bertz CT molecular complexity index is 1440. The topological polar surface area (TPSA) is 99.7 Å². The molecule has 2 aromatic carbocycles. The zero-order valence-corrected chi connectivity index (χ0v) is 26.9. The number of likely N-dealkylation sites (tertiary alicyclic amines) is 2. The Kier molecular flexibility index (Phi) is 9.47. The van der Waals surface area contributed by atoms with Crippen molar-refractivity contribution in [2.24, 2.45) is 5.92 Å². The van der Waals surface area contributed by atoms with Gasteiger partial charge < -0.3 is 25.2 Å². The number of carbonyl (C=O) groups is 2. The van der Waals surface area contributed by atoms with Gasteiger partial charge in [0.2, 0.25) is 11.0 Å². The summed E-state index contributed by atoms with van der Waals surface area (Å²) in [6, 6.07) is 14.6. The molecule has 1 aliphatic carbocycles. The third kappa shape index (κ3) is 7.41. The summed E-state index contributed by atoms with van der Waals surface area (Å²) in [4.78, 5) is 30.5. The highest BCUT2D eigenvalue weighted by molar-refractivity contribution is 7.18. The summed E-state index contributed by atoms with van der Waals surface area (Å²) in [5, 5.41) is 16.8. The van der Waals surface area contributed by atoms with Gasteiger partial charge in [0.05, 0.1) is 0 Å². The standard InChI is InChI=1S/C34H44N6O3S/c1-22(2)35-34-38-37-33(44-34)24-10-12-29(13-11-24)43-30-19-25(8-9-26(30)21-40-20-23(3)18-31(40)41)32(42)36-27-14-16-39(17-15-27)28-6-4-5-7-28/h8-13,19,22-23,27-28H,4-7,14-18,20-21H2,1-3H3,(H,35,38)(H,36,42)/t23-/m0/s1. The number of nitrogens with zero attached hydrogens (tertiary/aromatic N) is 4. The quantitative estimate of drug-likeness (QED) is 0.275. The van der Waals surface area contributed by atoms with Crippen LogP contribution in [0.25, 0.3) is 10.6 Å². The molecule has 2 amide bonds. The van der Waals surface area contributed by atoms with E-state index in [0.717, 1.165) is 59.8 Å². The van der Waals surface area contributed by atoms with Gasteiger partial charge in [0.25, 0.3) is 5.91 Å². The van der Waals surface area contributed by atoms with Crippen LogP contribution in [0.15, 0.2) is 42.5 Å². The minimum absolute atomic E-state index is 0.0796. The Labute approximate surface area is 264 Å². The molecule has 1 atom stereocenters. The zero-order valence-electron chi connectivity index (χ0n) is 26.1. The number of hydrogen-bond donors (Lipinski definition) is 2. The van der Waals surface area contributed by atoms with Crippen molar-refractivity contribution in [2.75, 3.05) is 25.0 Å². The average molecular weight is 617 g/mol. The summed E-state index contributed by atoms with van der Waals surface area (Å²) in [6.45, 7) is 9.52. The molecule has 1 aromatic heterocycles. The lowest BCUT2D eigenvalue weighted by molar-refractivity contribution is -0.128. The normalized spacial score (nSPS) is 20.0. The molecule has 3 fully saturated rings. The highest BCUT2D eigenvalue weighted by atomic mass is 32.1. The molecule has 6 rings (SSSR count). The van der Waals surface area contributed by atoms with Crippen LogP contribution < -0.4 is 15.4 Å². The van der Waals surface area contributed by atoms with Crippen molar-refractivity contribution < 1.29 is 14.3 Å². The van der Waals surface area contributed by atoms with Crippen LogP contribution in [0.4, 0.5) is 5.13 Å². The van der Waals surface area contributed by atoms with E-state index in [1.807, 2.05) is 47.4 Å². The highest BCUT2D eigenvalue weighted by Gasteiger charge is 2.29. The first-order chi connectivity index (χ1) is 21.3. The van der Waals surface area contributed by atoms with Gasteiger partial charge in [-0.25, -0.2) is 0 Å². The van der Waals surface area contributed by atoms with Crippen molar-refractivity contribution in [3.8, 4) is 22.1 Å². The number of benzene rings is 2. The molecule has 2 saturated heterocycles. The predicted octanol–water partition coefficient (Wildman–Crippen LogP) is 6.32. The van der Waals surface area contributed by atoms with E-state index >= 15 is 0 Å². The summed E-state index contributed by atoms with van der Waals surface area (Å²) in [6.07, 6.45) is 7.85. The van der Waals surface area contributed by atoms with E-state index in [2.05, 4.69) is 46.5 Å². The molecule has 3 heterocycles. The lowest BCUT2D eigenvalue weighted by Gasteiger charge is -2.36. The van der Waals surface area contributed by atoms with E-state index in [-0.39, 0.29) is 23.9 Å². The van der Waals surface area contributed by atoms with Gasteiger partial charge in [-0.1, -0.05) is 37.2 Å². The lowest BCUT2D eigenvalue weighted by atomic mass is 10.0. The van der Waals surface area contributed by atoms with Gasteiger partial charge in [-0.2, -0.15) is 0 Å². The Hall–Kier alpha value is -3.50. The van der Waals surface area contributed by atoms with Crippen LogP contribution in [-0.4, -0.2) is 69.6 Å². The number of rotatable bonds is 10. The van der Waals surface area contributed by atoms with Crippen molar-refractivity contribution >= 4 is 28.3 Å². The lowest BCUT2D eigenvalue weighted by Crippen LogP contribution is -2.47. The summed E-state index contributed by atoms with van der Waals surface area (Å²) in [5.74, 6) is 1.65. The van der Waals surface area contributed by atoms with Gasteiger partial charge in [-0.15, -0.1) is 10.2 Å². The first-order valence-corrected chi connectivity index (χ1v) is 17.0. The maximum absolute atomic E-state index is 13.4. The molecule has 10 heteroatoms. The maximum Gasteiger partial charge on any atom is 0.251 e. The molecule has 0 unspecified atom stereocenters. The van der Waals surface area contributed by atoms with E-state index in [0.29, 0.717) is 35.9 Å². The summed E-state index contributed by atoms with van der Waals surface area (Å²) in [5.41, 5.74) is 2.40. The third-order valence-electron chi connectivity index (χ3n) is 8.97. The van der Waals surface area contributed by atoms with E-state index in [9.17, 15) is 9.59 Å². The summed E-state index contributed by atoms with van der Waals surface area (Å²) < 4.78 is 6.41. The SMILES string of the molecule is CC(C)Nc1nnc(-c2ccc(Oc3cc(C(=O)NC4CCN(C5CCCC5)CC4)ccc3CN3C[C@@H](C)CC3=O)cc2)s1. The molecular formula is C34H44N6O3S. The molecule has 3 aliphatic rings. The largest absolute Gasteiger partial charge is 0.457 e. The molecule has 1 saturated carbocycles. The van der Waals surface area contributed by atoms with Gasteiger partial charge >= 0.3 is 0 Å². The van der Waals surface area contributed by atoms with Gasteiger partial charge in [-0.05, 0) is 81.8 Å². The van der Waals surface area contributed by atoms with Crippen LogP contribution in [-0.2, 0) is 11.3 Å². The van der Waals surface area contributed by atoms with Gasteiger partial charge in [0.1, 0.15) is 16.5 Å². The number of ether oxygens (including phenoxy) is 1. The number of amides is 2. The fourth-order valence-electron chi connectivity index (χ4n) is 6.63. The molecule has 234 valence electrons. The monoisotopic (exact) mass is 616 g/mol. The van der Waals surface area contributed by atoms with E-state index in [1.54, 1.807) is 0 Å². The molecule has 9 nitrogen and oxygen atoms in total. The fourth-order valence-corrected chi connectivity index (χ4v) is 7.53. The smallest absolute Gasteiger partial charge is 0.251 e. The fraction of sp³-hybridized carbons (Fsp3) is 0.529. The van der Waals surface area contributed by atoms with Crippen molar-refractivity contribution in [3.05, 3.63) is 53.6 Å². The number of carbonyl (C=O) groups excluding carboxylic acids is 2. The predicted molar refractivity (Wildman–Crippen MR) is 174 cm³/mol. The second kappa shape index (κ2) is 13.6. The Morgan fingerprint density at radius 1 is 1.05 bits per heavy atom. The minimum atomic E-state index is -0.0796. The molecule has 0 spiro atoms. The number of piperidine rings is 1. The van der Waals surface area contributed by atoms with Crippen molar-refractivity contribution in [3.63, 3.8) is 0 Å². The van der Waals surface area contributed by atoms with E-state index in [4.69, 9.17) is 4.74 Å². The molecule has 2 aliphatic heterocycles. The second-order valence-electron chi connectivity index (χ2n) is 13.0. The first-order valence-electron chi connectivity index (χ1n) is 16.1. The Morgan fingerprint density at radius 2 is 1.80 bits per heavy atom. The number of nitrogens with one attached hydrogen (secondary N) is 2. The van der Waals surface area contributed by atoms with Crippen molar-refractivity contribution in [1.82, 2.24) is 25.3 Å². The van der Waals surface area contributed by atoms with E-state index in [1.165, 1.54) is 37.0 Å². The molecule has 44 heavy (non-hydrogen) atoms. The Morgan fingerprint density at radius 3 is 2.48 bits per heavy atom. The number of aromatic nitrogens is 2. The zero-order chi connectivity index (χ0) is 30.6. The summed E-state index contributed by atoms with van der Waals surface area (Å²) >= 11 is 1.51. The van der Waals surface area contributed by atoms with Crippen LogP contribution in [0.5, 0.6) is 11.5 Å². The number of hydrogen-bond acceptors (Lipinski definition) is 8. The Balaban J connectivity index is 1.16. The van der Waals surface area contributed by atoms with Crippen LogP contribution in [0.3, 0.4) is 0 Å². The van der Waals surface area contributed by atoms with Crippen molar-refractivity contribution in [2.45, 2.75) is 90.4 Å². The molecule has 2 N–H and O–H groups in total. The third-order valence-corrected chi connectivity index (χ3v) is 9.87. The number of anilines is 1. The van der Waals surface area contributed by atoms with Crippen LogP contribution >= 0.6 is 11.3 Å². The first kappa shape index (κ1) is 30.5. The van der Waals surface area contributed by atoms with Crippen LogP contribution in [0, 0.1) is 5.92 Å². The van der Waals surface area contributed by atoms with Gasteiger partial charge in [0.15, 0.2) is 0 Å². The van der Waals surface area contributed by atoms with Gasteiger partial charge in [0, 0.05) is 67.4 Å². The summed E-state index contributed by atoms with van der Waals surface area (Å²) in [7, 11) is 0. The van der Waals surface area contributed by atoms with Crippen molar-refractivity contribution in [1.29, 1.82) is 0 Å². The molecule has 0 bridgehead atoms. The van der Waals surface area contributed by atoms with Crippen LogP contribution in [0.2, 0.25) is 0 Å². The minimum Gasteiger partial charge on any atom is -0.457 e. The second-order valence-corrected chi connectivity index (χ2v) is 13.9. The molecule has 0 radical (unpaired) electrons. The maximum atomic E-state index is 13.4.